The molecule has 1 aliphatic rings. The van der Waals surface area contributed by atoms with Crippen LogP contribution < -0.4 is 0 Å². The minimum Gasteiger partial charge on any atom is -0.352 e. The third-order valence-electron chi connectivity index (χ3n) is 5.88. The molecule has 166 valence electrons. The molecule has 1 aromatic rings. The molecule has 0 bridgehead atoms. The van der Waals surface area contributed by atoms with E-state index in [0.717, 1.165) is 23.0 Å². The molecule has 0 atom stereocenters. The Morgan fingerprint density at radius 2 is 1.74 bits per heavy atom. The Bertz CT molecular complexity index is 889. The molecule has 3 nitrogen and oxygen atoms in total. The van der Waals surface area contributed by atoms with Crippen LogP contribution in [0.2, 0.25) is 0 Å². The highest BCUT2D eigenvalue weighted by Gasteiger charge is 2.26. The predicted molar refractivity (Wildman–Crippen MR) is 130 cm³/mol. The second-order valence-corrected chi connectivity index (χ2v) is 8.72. The number of ether oxygens (including phenoxy) is 2. The number of methoxy groups -OCH3 is 2. The summed E-state index contributed by atoms with van der Waals surface area (Å²) < 4.78 is 10.6. The molecule has 3 heteroatoms. The number of carbonyl (C=O) groups is 1. The van der Waals surface area contributed by atoms with E-state index in [1.807, 2.05) is 36.4 Å². The molecule has 0 amide bonds. The molecule has 0 N–H and O–H groups in total. The van der Waals surface area contributed by atoms with Crippen LogP contribution in [0.1, 0.15) is 64.4 Å². The molecule has 0 aromatic heterocycles. The van der Waals surface area contributed by atoms with Crippen LogP contribution >= 0.6 is 0 Å². The van der Waals surface area contributed by atoms with E-state index in [2.05, 4.69) is 45.9 Å². The lowest BCUT2D eigenvalue weighted by Gasteiger charge is -2.32. The molecule has 0 heterocycles. The first-order valence-corrected chi connectivity index (χ1v) is 10.9. The Morgan fingerprint density at radius 1 is 1.06 bits per heavy atom. The van der Waals surface area contributed by atoms with Crippen molar-refractivity contribution in [3.63, 3.8) is 0 Å². The fraction of sp³-hybridized carbons (Fsp3) is 0.393. The van der Waals surface area contributed by atoms with E-state index in [4.69, 9.17) is 9.47 Å². The van der Waals surface area contributed by atoms with E-state index in [-0.39, 0.29) is 5.41 Å². The van der Waals surface area contributed by atoms with Crippen molar-refractivity contribution in [2.75, 3.05) is 14.2 Å². The quantitative estimate of drug-likeness (QED) is 0.184. The zero-order chi connectivity index (χ0) is 22.9. The number of rotatable bonds is 9. The van der Waals surface area contributed by atoms with E-state index in [1.165, 1.54) is 36.0 Å². The molecular weight excluding hydrogens is 384 g/mol. The number of carbonyl (C=O) groups excluding carboxylic acids is 1. The average Bonchev–Trinajstić information content (AvgIpc) is 2.74. The van der Waals surface area contributed by atoms with E-state index >= 15 is 0 Å². The maximum Gasteiger partial charge on any atom is 0.183 e. The summed E-state index contributed by atoms with van der Waals surface area (Å²) in [5.41, 5.74) is 7.12. The van der Waals surface area contributed by atoms with Gasteiger partial charge in [-0.15, -0.1) is 0 Å². The molecule has 0 saturated heterocycles. The Kier molecular flexibility index (Phi) is 9.42. The summed E-state index contributed by atoms with van der Waals surface area (Å²) in [6, 6.07) is 7.84. The van der Waals surface area contributed by atoms with E-state index in [9.17, 15) is 4.79 Å². The second kappa shape index (κ2) is 11.8. The largest absolute Gasteiger partial charge is 0.352 e. The van der Waals surface area contributed by atoms with Gasteiger partial charge in [0.15, 0.2) is 6.29 Å². The highest BCUT2D eigenvalue weighted by atomic mass is 16.7. The molecule has 0 unspecified atom stereocenters. The summed E-state index contributed by atoms with van der Waals surface area (Å²) in [5, 5.41) is 0. The molecule has 0 spiro atoms. The second-order valence-electron chi connectivity index (χ2n) is 8.72. The monoisotopic (exact) mass is 420 g/mol. The molecule has 0 saturated carbocycles. The van der Waals surface area contributed by atoms with Gasteiger partial charge in [-0.1, -0.05) is 79.6 Å². The normalized spacial score (nSPS) is 17.9. The van der Waals surface area contributed by atoms with Crippen LogP contribution in [0.15, 0.2) is 77.4 Å². The van der Waals surface area contributed by atoms with Crippen molar-refractivity contribution in [1.82, 2.24) is 0 Å². The molecule has 2 rings (SSSR count). The van der Waals surface area contributed by atoms with Gasteiger partial charge in [0.25, 0.3) is 0 Å². The summed E-state index contributed by atoms with van der Waals surface area (Å²) in [4.78, 5) is 11.1. The summed E-state index contributed by atoms with van der Waals surface area (Å²) >= 11 is 0. The van der Waals surface area contributed by atoms with Crippen LogP contribution in [-0.2, 0) is 14.3 Å². The van der Waals surface area contributed by atoms with Crippen LogP contribution in [0, 0.1) is 5.41 Å². The molecule has 0 radical (unpaired) electrons. The van der Waals surface area contributed by atoms with Crippen LogP contribution in [-0.4, -0.2) is 20.5 Å². The summed E-state index contributed by atoms with van der Waals surface area (Å²) in [6.07, 6.45) is 16.2. The Morgan fingerprint density at radius 3 is 2.32 bits per heavy atom. The average molecular weight is 421 g/mol. The van der Waals surface area contributed by atoms with Gasteiger partial charge in [0.1, 0.15) is 6.29 Å². The number of hydrogen-bond donors (Lipinski definition) is 0. The van der Waals surface area contributed by atoms with Crippen molar-refractivity contribution in [3.05, 3.63) is 88.6 Å². The third kappa shape index (κ3) is 7.02. The van der Waals surface area contributed by atoms with Gasteiger partial charge in [0.05, 0.1) is 0 Å². The van der Waals surface area contributed by atoms with Gasteiger partial charge in [-0.2, -0.15) is 0 Å². The molecule has 31 heavy (non-hydrogen) atoms. The maximum atomic E-state index is 11.1. The lowest BCUT2D eigenvalue weighted by molar-refractivity contribution is -0.106. The van der Waals surface area contributed by atoms with E-state index in [0.29, 0.717) is 0 Å². The lowest BCUT2D eigenvalue weighted by atomic mass is 9.72. The summed E-state index contributed by atoms with van der Waals surface area (Å²) in [7, 11) is 3.22. The fourth-order valence-corrected chi connectivity index (χ4v) is 4.11. The van der Waals surface area contributed by atoms with Crippen molar-refractivity contribution in [1.29, 1.82) is 0 Å². The molecule has 0 fully saturated rings. The SMILES string of the molecule is COC(OC)c1ccc(C(/C=C\C=C(C)\C=C\C2=C(C)CCCC2(C)C)=C\C=O)cc1. The standard InChI is InChI=1S/C28H36O3/c1-21(12-17-26-22(2)10-8-19-28(26,3)4)9-7-11-23(18-20-29)24-13-15-25(16-14-24)27(30-5)31-6/h7,9,11-18,20,27H,8,10,19H2,1-6H3/b11-7-,17-12+,21-9+,23-18-. The van der Waals surface area contributed by atoms with E-state index < -0.39 is 6.29 Å². The summed E-state index contributed by atoms with van der Waals surface area (Å²) in [5.74, 6) is 0. The van der Waals surface area contributed by atoms with Gasteiger partial charge in [-0.3, -0.25) is 4.79 Å². The topological polar surface area (TPSA) is 35.5 Å². The predicted octanol–water partition coefficient (Wildman–Crippen LogP) is 7.15. The highest BCUT2D eigenvalue weighted by Crippen LogP contribution is 2.40. The number of allylic oxidation sites excluding steroid dienone is 10. The molecular formula is C28H36O3. The van der Waals surface area contributed by atoms with Crippen LogP contribution in [0.4, 0.5) is 0 Å². The highest BCUT2D eigenvalue weighted by molar-refractivity contribution is 5.86. The van der Waals surface area contributed by atoms with Crippen molar-refractivity contribution in [2.24, 2.45) is 5.41 Å². The number of benzene rings is 1. The van der Waals surface area contributed by atoms with Gasteiger partial charge in [0, 0.05) is 19.8 Å². The maximum absolute atomic E-state index is 11.1. The number of aldehydes is 1. The molecule has 1 aromatic carbocycles. The lowest BCUT2D eigenvalue weighted by Crippen LogP contribution is -2.19. The number of hydrogen-bond acceptors (Lipinski definition) is 3. The summed E-state index contributed by atoms with van der Waals surface area (Å²) in [6.45, 7) is 9.01. The first-order chi connectivity index (χ1) is 14.8. The Balaban J connectivity index is 2.14. The third-order valence-corrected chi connectivity index (χ3v) is 5.88. The van der Waals surface area contributed by atoms with E-state index in [1.54, 1.807) is 20.3 Å². The van der Waals surface area contributed by atoms with Gasteiger partial charge in [-0.05, 0) is 61.3 Å². The zero-order valence-corrected chi connectivity index (χ0v) is 19.8. The first-order valence-electron chi connectivity index (χ1n) is 10.9. The molecule has 1 aliphatic carbocycles. The van der Waals surface area contributed by atoms with Crippen molar-refractivity contribution in [2.45, 2.75) is 53.2 Å². The van der Waals surface area contributed by atoms with Crippen molar-refractivity contribution >= 4 is 11.9 Å². The zero-order valence-electron chi connectivity index (χ0n) is 19.8. The first kappa shape index (κ1) is 24.8. The van der Waals surface area contributed by atoms with Gasteiger partial charge in [-0.25, -0.2) is 0 Å². The van der Waals surface area contributed by atoms with Crippen LogP contribution in [0.25, 0.3) is 5.57 Å². The Labute approximate surface area is 187 Å². The van der Waals surface area contributed by atoms with Crippen molar-refractivity contribution in [3.8, 4) is 0 Å². The van der Waals surface area contributed by atoms with Gasteiger partial charge < -0.3 is 9.47 Å². The van der Waals surface area contributed by atoms with Gasteiger partial charge >= 0.3 is 0 Å². The minimum atomic E-state index is -0.395. The van der Waals surface area contributed by atoms with Gasteiger partial charge in [0.2, 0.25) is 0 Å². The smallest absolute Gasteiger partial charge is 0.183 e. The fourth-order valence-electron chi connectivity index (χ4n) is 4.11. The van der Waals surface area contributed by atoms with Crippen LogP contribution in [0.5, 0.6) is 0 Å². The molecule has 0 aliphatic heterocycles. The van der Waals surface area contributed by atoms with Crippen LogP contribution in [0.3, 0.4) is 0 Å². The minimum absolute atomic E-state index is 0.242. The van der Waals surface area contributed by atoms with Crippen molar-refractivity contribution < 1.29 is 14.3 Å². The Hall–Kier alpha value is -2.49.